The number of hydrogen-bond donors (Lipinski definition) is 1. The largest absolute Gasteiger partial charge is 0.493 e. The standard InChI is InChI=1S/C18H25NO3/c1-6-21-18-10-15(7-8-17(18)20-5)11-19-13(3)16-9-12(2)22-14(16)4/h7-10,13,19H,6,11H2,1-5H3. The smallest absolute Gasteiger partial charge is 0.161 e. The second kappa shape index (κ2) is 7.36. The molecule has 0 fully saturated rings. The summed E-state index contributed by atoms with van der Waals surface area (Å²) in [4.78, 5) is 0. The van der Waals surface area contributed by atoms with Crippen molar-refractivity contribution in [3.05, 3.63) is 46.9 Å². The SMILES string of the molecule is CCOc1cc(CNC(C)c2cc(C)oc2C)ccc1OC. The first-order valence-electron chi connectivity index (χ1n) is 7.65. The molecule has 4 heteroatoms. The predicted octanol–water partition coefficient (Wildman–Crippen LogP) is 4.15. The van der Waals surface area contributed by atoms with Crippen molar-refractivity contribution >= 4 is 0 Å². The van der Waals surface area contributed by atoms with E-state index in [4.69, 9.17) is 13.9 Å². The molecule has 4 nitrogen and oxygen atoms in total. The molecule has 1 atom stereocenters. The van der Waals surface area contributed by atoms with Gasteiger partial charge in [0.2, 0.25) is 0 Å². The van der Waals surface area contributed by atoms with E-state index in [-0.39, 0.29) is 6.04 Å². The fourth-order valence-electron chi connectivity index (χ4n) is 2.56. The molecular formula is C18H25NO3. The van der Waals surface area contributed by atoms with Crippen LogP contribution < -0.4 is 14.8 Å². The van der Waals surface area contributed by atoms with E-state index in [1.54, 1.807) is 7.11 Å². The lowest BCUT2D eigenvalue weighted by Crippen LogP contribution is -2.18. The second-order valence-electron chi connectivity index (χ2n) is 5.39. The number of rotatable bonds is 7. The molecule has 0 bridgehead atoms. The van der Waals surface area contributed by atoms with Crippen molar-refractivity contribution in [2.24, 2.45) is 0 Å². The molecule has 1 N–H and O–H groups in total. The topological polar surface area (TPSA) is 43.6 Å². The van der Waals surface area contributed by atoms with Gasteiger partial charge in [-0.15, -0.1) is 0 Å². The molecule has 0 aliphatic carbocycles. The molecular weight excluding hydrogens is 278 g/mol. The zero-order valence-corrected chi connectivity index (χ0v) is 14.0. The Labute approximate surface area is 132 Å². The first-order chi connectivity index (χ1) is 10.5. The Kier molecular flexibility index (Phi) is 5.50. The molecule has 0 saturated heterocycles. The Morgan fingerprint density at radius 1 is 1.18 bits per heavy atom. The van der Waals surface area contributed by atoms with E-state index in [9.17, 15) is 0 Å². The highest BCUT2D eigenvalue weighted by Crippen LogP contribution is 2.28. The van der Waals surface area contributed by atoms with Crippen molar-refractivity contribution in [3.8, 4) is 11.5 Å². The highest BCUT2D eigenvalue weighted by Gasteiger charge is 2.12. The number of hydrogen-bond acceptors (Lipinski definition) is 4. The molecule has 2 rings (SSSR count). The minimum atomic E-state index is 0.232. The van der Waals surface area contributed by atoms with Crippen LogP contribution in [0.25, 0.3) is 0 Å². The molecule has 1 aromatic heterocycles. The molecule has 2 aromatic rings. The number of ether oxygens (including phenoxy) is 2. The maximum Gasteiger partial charge on any atom is 0.161 e. The number of benzene rings is 1. The average Bonchev–Trinajstić information content (AvgIpc) is 2.84. The summed E-state index contributed by atoms with van der Waals surface area (Å²) in [5, 5.41) is 3.52. The van der Waals surface area contributed by atoms with Crippen LogP contribution in [0.3, 0.4) is 0 Å². The van der Waals surface area contributed by atoms with Crippen LogP contribution in [-0.2, 0) is 6.54 Å². The molecule has 120 valence electrons. The Morgan fingerprint density at radius 3 is 2.55 bits per heavy atom. The first-order valence-corrected chi connectivity index (χ1v) is 7.65. The molecule has 0 amide bonds. The van der Waals surface area contributed by atoms with Gasteiger partial charge >= 0.3 is 0 Å². The minimum Gasteiger partial charge on any atom is -0.493 e. The fourth-order valence-corrected chi connectivity index (χ4v) is 2.56. The van der Waals surface area contributed by atoms with Crippen molar-refractivity contribution in [2.75, 3.05) is 13.7 Å². The van der Waals surface area contributed by atoms with Gasteiger partial charge < -0.3 is 19.2 Å². The Bertz CT molecular complexity index is 619. The van der Waals surface area contributed by atoms with Gasteiger partial charge in [-0.25, -0.2) is 0 Å². The van der Waals surface area contributed by atoms with Gasteiger partial charge in [-0.05, 0) is 51.5 Å². The van der Waals surface area contributed by atoms with E-state index >= 15 is 0 Å². The number of furan rings is 1. The molecule has 0 spiro atoms. The lowest BCUT2D eigenvalue weighted by molar-refractivity contribution is 0.310. The first kappa shape index (κ1) is 16.4. The van der Waals surface area contributed by atoms with Crippen LogP contribution in [0.15, 0.2) is 28.7 Å². The zero-order valence-electron chi connectivity index (χ0n) is 14.0. The van der Waals surface area contributed by atoms with Crippen molar-refractivity contribution < 1.29 is 13.9 Å². The maximum absolute atomic E-state index is 5.61. The Hall–Kier alpha value is -1.94. The van der Waals surface area contributed by atoms with Gasteiger partial charge in [0.25, 0.3) is 0 Å². The molecule has 1 unspecified atom stereocenters. The summed E-state index contributed by atoms with van der Waals surface area (Å²) in [6, 6.07) is 8.34. The fraction of sp³-hybridized carbons (Fsp3) is 0.444. The van der Waals surface area contributed by atoms with Gasteiger partial charge in [-0.3, -0.25) is 0 Å². The predicted molar refractivity (Wildman–Crippen MR) is 87.6 cm³/mol. The lowest BCUT2D eigenvalue weighted by Gasteiger charge is -2.15. The number of nitrogens with one attached hydrogen (secondary N) is 1. The lowest BCUT2D eigenvalue weighted by atomic mass is 10.1. The van der Waals surface area contributed by atoms with Gasteiger partial charge in [0.1, 0.15) is 11.5 Å². The highest BCUT2D eigenvalue weighted by atomic mass is 16.5. The van der Waals surface area contributed by atoms with Gasteiger partial charge in [-0.1, -0.05) is 6.07 Å². The maximum atomic E-state index is 5.61. The van der Waals surface area contributed by atoms with E-state index < -0.39 is 0 Å². The summed E-state index contributed by atoms with van der Waals surface area (Å²) in [6.45, 7) is 9.47. The third-order valence-corrected chi connectivity index (χ3v) is 3.69. The summed E-state index contributed by atoms with van der Waals surface area (Å²) in [5.74, 6) is 3.47. The third kappa shape index (κ3) is 3.83. The molecule has 0 saturated carbocycles. The van der Waals surface area contributed by atoms with E-state index in [2.05, 4.69) is 24.4 Å². The molecule has 1 heterocycles. The summed E-state index contributed by atoms with van der Waals surface area (Å²) in [5.41, 5.74) is 2.37. The number of aryl methyl sites for hydroxylation is 2. The van der Waals surface area contributed by atoms with Gasteiger partial charge in [0.15, 0.2) is 11.5 Å². The molecule has 1 aromatic carbocycles. The van der Waals surface area contributed by atoms with E-state index in [1.807, 2.05) is 32.9 Å². The third-order valence-electron chi connectivity index (χ3n) is 3.69. The van der Waals surface area contributed by atoms with E-state index in [0.717, 1.165) is 35.1 Å². The van der Waals surface area contributed by atoms with Crippen LogP contribution in [0.4, 0.5) is 0 Å². The van der Waals surface area contributed by atoms with Crippen LogP contribution >= 0.6 is 0 Å². The molecule has 0 radical (unpaired) electrons. The molecule has 0 aliphatic heterocycles. The zero-order chi connectivity index (χ0) is 16.1. The highest BCUT2D eigenvalue weighted by molar-refractivity contribution is 5.43. The Morgan fingerprint density at radius 2 is 1.95 bits per heavy atom. The molecule has 22 heavy (non-hydrogen) atoms. The van der Waals surface area contributed by atoms with Crippen molar-refractivity contribution in [1.29, 1.82) is 0 Å². The quantitative estimate of drug-likeness (QED) is 0.834. The van der Waals surface area contributed by atoms with Gasteiger partial charge in [0, 0.05) is 18.2 Å². The monoisotopic (exact) mass is 303 g/mol. The van der Waals surface area contributed by atoms with Crippen LogP contribution in [-0.4, -0.2) is 13.7 Å². The second-order valence-corrected chi connectivity index (χ2v) is 5.39. The molecule has 0 aliphatic rings. The summed E-state index contributed by atoms with van der Waals surface area (Å²) < 4.78 is 16.5. The summed E-state index contributed by atoms with van der Waals surface area (Å²) >= 11 is 0. The van der Waals surface area contributed by atoms with E-state index in [0.29, 0.717) is 6.61 Å². The van der Waals surface area contributed by atoms with Crippen LogP contribution in [0, 0.1) is 13.8 Å². The Balaban J connectivity index is 2.04. The van der Waals surface area contributed by atoms with Crippen LogP contribution in [0.2, 0.25) is 0 Å². The van der Waals surface area contributed by atoms with Crippen molar-refractivity contribution in [3.63, 3.8) is 0 Å². The van der Waals surface area contributed by atoms with Crippen molar-refractivity contribution in [1.82, 2.24) is 5.32 Å². The van der Waals surface area contributed by atoms with Crippen LogP contribution in [0.5, 0.6) is 11.5 Å². The summed E-state index contributed by atoms with van der Waals surface area (Å²) in [6.07, 6.45) is 0. The minimum absolute atomic E-state index is 0.232. The number of methoxy groups -OCH3 is 1. The summed E-state index contributed by atoms with van der Waals surface area (Å²) in [7, 11) is 1.65. The average molecular weight is 303 g/mol. The van der Waals surface area contributed by atoms with Gasteiger partial charge in [0.05, 0.1) is 13.7 Å². The van der Waals surface area contributed by atoms with E-state index in [1.165, 1.54) is 5.56 Å². The van der Waals surface area contributed by atoms with Gasteiger partial charge in [-0.2, -0.15) is 0 Å². The van der Waals surface area contributed by atoms with Crippen LogP contribution in [0.1, 0.15) is 42.5 Å². The van der Waals surface area contributed by atoms with Crippen molar-refractivity contribution in [2.45, 2.75) is 40.3 Å². The normalized spacial score (nSPS) is 12.2.